The predicted octanol–water partition coefficient (Wildman–Crippen LogP) is 8.59. The minimum absolute atomic E-state index is 0.169. The molecule has 0 bridgehead atoms. The Kier molecular flexibility index (Phi) is 9.51. The highest BCUT2D eigenvalue weighted by Gasteiger charge is 2.37. The van der Waals surface area contributed by atoms with Crippen LogP contribution >= 0.6 is 46.7 Å². The number of thiazole rings is 1. The van der Waals surface area contributed by atoms with Gasteiger partial charge in [-0.1, -0.05) is 52.7 Å². The number of halogens is 3. The zero-order chi connectivity index (χ0) is 31.9. The van der Waals surface area contributed by atoms with Crippen LogP contribution in [0.15, 0.2) is 34.9 Å². The number of hydrogen-bond donors (Lipinski definition) is 2. The van der Waals surface area contributed by atoms with Crippen molar-refractivity contribution in [3.8, 4) is 11.3 Å². The number of nitrogens with zero attached hydrogens (tertiary/aromatic N) is 4. The summed E-state index contributed by atoms with van der Waals surface area (Å²) in [6.07, 6.45) is 7.16. The van der Waals surface area contributed by atoms with Crippen LogP contribution in [-0.2, 0) is 6.54 Å². The Labute approximate surface area is 286 Å². The normalized spacial score (nSPS) is 22.2. The lowest BCUT2D eigenvalue weighted by molar-refractivity contribution is 0.0983. The lowest BCUT2D eigenvalue weighted by Gasteiger charge is -2.44. The van der Waals surface area contributed by atoms with Crippen molar-refractivity contribution < 1.29 is 13.7 Å². The molecule has 4 heterocycles. The first-order chi connectivity index (χ1) is 22.3. The van der Waals surface area contributed by atoms with E-state index >= 15 is 4.39 Å². The SMILES string of the molecule is CCC1CC(NCc2c(-c3c(Cl)cccc3Cl)noc2C2CC2)CC(C)N1c1nc2c(F)cc(C(=O)NSN3CCCC3)cc2s1. The number of hydrogen-bond acceptors (Lipinski definition) is 9. The molecule has 2 aromatic carbocycles. The number of carbonyl (C=O) groups excluding carboxylic acids is 1. The van der Waals surface area contributed by atoms with E-state index in [1.54, 1.807) is 6.07 Å². The molecule has 1 saturated carbocycles. The summed E-state index contributed by atoms with van der Waals surface area (Å²) < 4.78 is 26.8. The maximum atomic E-state index is 15.3. The van der Waals surface area contributed by atoms with Gasteiger partial charge in [0.25, 0.3) is 5.91 Å². The summed E-state index contributed by atoms with van der Waals surface area (Å²) in [5, 5.41) is 10.2. The van der Waals surface area contributed by atoms with Crippen LogP contribution in [0, 0.1) is 5.82 Å². The van der Waals surface area contributed by atoms with Crippen molar-refractivity contribution in [3.05, 3.63) is 63.1 Å². The Morgan fingerprint density at radius 1 is 1.17 bits per heavy atom. The highest BCUT2D eigenvalue weighted by atomic mass is 35.5. The predicted molar refractivity (Wildman–Crippen MR) is 185 cm³/mol. The second-order valence-electron chi connectivity index (χ2n) is 12.6. The van der Waals surface area contributed by atoms with Gasteiger partial charge in [0.2, 0.25) is 0 Å². The summed E-state index contributed by atoms with van der Waals surface area (Å²) >= 11 is 15.9. The summed E-state index contributed by atoms with van der Waals surface area (Å²) in [6.45, 7) is 6.88. The molecule has 1 amide bonds. The van der Waals surface area contributed by atoms with Gasteiger partial charge in [-0.3, -0.25) is 9.52 Å². The van der Waals surface area contributed by atoms with Crippen LogP contribution in [0.4, 0.5) is 9.52 Å². The van der Waals surface area contributed by atoms with Crippen molar-refractivity contribution in [3.63, 3.8) is 0 Å². The molecular formula is C33H37Cl2FN6O2S2. The van der Waals surface area contributed by atoms with Gasteiger partial charge >= 0.3 is 0 Å². The van der Waals surface area contributed by atoms with Crippen LogP contribution in [0.2, 0.25) is 10.0 Å². The molecule has 2 aliphatic heterocycles. The van der Waals surface area contributed by atoms with Crippen LogP contribution in [0.1, 0.15) is 86.4 Å². The van der Waals surface area contributed by atoms with Crippen LogP contribution in [0.25, 0.3) is 21.5 Å². The van der Waals surface area contributed by atoms with E-state index in [0.717, 1.165) is 74.5 Å². The zero-order valence-corrected chi connectivity index (χ0v) is 29.0. The fourth-order valence-electron chi connectivity index (χ4n) is 6.79. The van der Waals surface area contributed by atoms with Gasteiger partial charge in [0.05, 0.1) is 14.7 Å². The summed E-state index contributed by atoms with van der Waals surface area (Å²) in [4.78, 5) is 20.0. The maximum absolute atomic E-state index is 15.3. The topological polar surface area (TPSA) is 86.5 Å². The fraction of sp³-hybridized carbons (Fsp3) is 0.485. The molecule has 0 radical (unpaired) electrons. The molecule has 3 fully saturated rings. The zero-order valence-electron chi connectivity index (χ0n) is 25.8. The van der Waals surface area contributed by atoms with Crippen molar-refractivity contribution in [2.24, 2.45) is 0 Å². The number of nitrogens with one attached hydrogen (secondary N) is 2. The first-order valence-corrected chi connectivity index (χ1v) is 18.4. The second-order valence-corrected chi connectivity index (χ2v) is 15.3. The first kappa shape index (κ1) is 32.2. The Balaban J connectivity index is 1.07. The van der Waals surface area contributed by atoms with Gasteiger partial charge in [-0.25, -0.2) is 13.7 Å². The molecule has 3 atom stereocenters. The number of benzene rings is 2. The van der Waals surface area contributed by atoms with E-state index in [2.05, 4.69) is 38.2 Å². The van der Waals surface area contributed by atoms with Crippen molar-refractivity contribution in [1.29, 1.82) is 0 Å². The Hall–Kier alpha value is -2.41. The summed E-state index contributed by atoms with van der Waals surface area (Å²) in [5.41, 5.74) is 3.08. The number of anilines is 1. The third-order valence-corrected chi connectivity index (χ3v) is 11.9. The highest BCUT2D eigenvalue weighted by Crippen LogP contribution is 2.46. The summed E-state index contributed by atoms with van der Waals surface area (Å²) in [5.74, 6) is 0.550. The van der Waals surface area contributed by atoms with Crippen molar-refractivity contribution in [1.82, 2.24) is 24.5 Å². The Morgan fingerprint density at radius 3 is 2.65 bits per heavy atom. The molecule has 46 heavy (non-hydrogen) atoms. The number of fused-ring (bicyclic) bond motifs is 1. The lowest BCUT2D eigenvalue weighted by atomic mass is 9.90. The average Bonchev–Trinajstić information content (AvgIpc) is 3.38. The third-order valence-electron chi connectivity index (χ3n) is 9.31. The van der Waals surface area contributed by atoms with E-state index in [4.69, 9.17) is 32.7 Å². The maximum Gasteiger partial charge on any atom is 0.262 e. The molecule has 2 saturated heterocycles. The van der Waals surface area contributed by atoms with Crippen LogP contribution < -0.4 is 14.9 Å². The Morgan fingerprint density at radius 2 is 1.93 bits per heavy atom. The highest BCUT2D eigenvalue weighted by molar-refractivity contribution is 7.95. The summed E-state index contributed by atoms with van der Waals surface area (Å²) in [6, 6.07) is 9.18. The van der Waals surface area contributed by atoms with Crippen molar-refractivity contribution >= 4 is 67.9 Å². The van der Waals surface area contributed by atoms with E-state index in [-0.39, 0.29) is 24.0 Å². The molecule has 1 aliphatic carbocycles. The second kappa shape index (κ2) is 13.6. The largest absolute Gasteiger partial charge is 0.360 e. The monoisotopic (exact) mass is 702 g/mol. The third kappa shape index (κ3) is 6.51. The molecule has 2 N–H and O–H groups in total. The molecule has 13 heteroatoms. The summed E-state index contributed by atoms with van der Waals surface area (Å²) in [7, 11) is 0. The number of carbonyl (C=O) groups is 1. The molecule has 244 valence electrons. The molecule has 3 aliphatic rings. The van der Waals surface area contributed by atoms with E-state index < -0.39 is 5.82 Å². The fourth-order valence-corrected chi connectivity index (χ4v) is 9.33. The van der Waals surface area contributed by atoms with Gasteiger partial charge in [0.1, 0.15) is 17.0 Å². The number of rotatable bonds is 10. The van der Waals surface area contributed by atoms with Crippen LogP contribution in [0.3, 0.4) is 0 Å². The molecule has 2 aromatic heterocycles. The molecule has 4 aromatic rings. The minimum atomic E-state index is -0.469. The number of piperidine rings is 1. The van der Waals surface area contributed by atoms with E-state index in [1.807, 2.05) is 18.2 Å². The van der Waals surface area contributed by atoms with Crippen LogP contribution in [0.5, 0.6) is 0 Å². The minimum Gasteiger partial charge on any atom is -0.360 e. The van der Waals surface area contributed by atoms with Gasteiger partial charge < -0.3 is 14.7 Å². The van der Waals surface area contributed by atoms with Gasteiger partial charge in [0, 0.05) is 72.5 Å². The van der Waals surface area contributed by atoms with E-state index in [0.29, 0.717) is 49.5 Å². The molecule has 7 rings (SSSR count). The van der Waals surface area contributed by atoms with Gasteiger partial charge in [-0.2, -0.15) is 0 Å². The quantitative estimate of drug-likeness (QED) is 0.159. The van der Waals surface area contributed by atoms with Crippen LogP contribution in [-0.4, -0.2) is 51.6 Å². The van der Waals surface area contributed by atoms with Gasteiger partial charge in [0.15, 0.2) is 10.9 Å². The standard InChI is InChI=1S/C33H37Cl2FN6O2S2/c1-3-22-16-21(37-17-23-29(39-44-31(23)19-9-10-19)28-24(34)7-6-8-25(28)35)13-18(2)42(22)33-38-30-26(36)14-20(15-27(30)45-33)32(43)40-46-41-11-4-5-12-41/h6-8,14-15,18-19,21-22,37H,3-5,9-13,16-17H2,1-2H3,(H,40,43). The van der Waals surface area contributed by atoms with E-state index in [1.165, 1.54) is 29.5 Å². The van der Waals surface area contributed by atoms with Gasteiger partial charge in [-0.05, 0) is 76.1 Å². The molecule has 0 spiro atoms. The number of aromatic nitrogens is 2. The Bertz CT molecular complexity index is 1720. The van der Waals surface area contributed by atoms with Crippen molar-refractivity contribution in [2.45, 2.75) is 89.4 Å². The molecule has 8 nitrogen and oxygen atoms in total. The molecular weight excluding hydrogens is 666 g/mol. The van der Waals surface area contributed by atoms with Gasteiger partial charge in [-0.15, -0.1) is 0 Å². The molecule has 3 unspecified atom stereocenters. The number of amides is 1. The smallest absolute Gasteiger partial charge is 0.262 e. The average molecular weight is 704 g/mol. The lowest BCUT2D eigenvalue weighted by Crippen LogP contribution is -2.53. The first-order valence-electron chi connectivity index (χ1n) is 16.1. The van der Waals surface area contributed by atoms with Crippen molar-refractivity contribution in [2.75, 3.05) is 18.0 Å². The van der Waals surface area contributed by atoms with E-state index in [9.17, 15) is 4.79 Å².